The molecule has 2 aromatic rings. The minimum atomic E-state index is -3.34. The monoisotopic (exact) mass is 515 g/mol. The average molecular weight is 516 g/mol. The average Bonchev–Trinajstić information content (AvgIpc) is 3.23. The highest BCUT2D eigenvalue weighted by Crippen LogP contribution is 2.48. The van der Waals surface area contributed by atoms with Gasteiger partial charge in [-0.25, -0.2) is 19.2 Å². The molecule has 190 valence electrons. The summed E-state index contributed by atoms with van der Waals surface area (Å²) in [7, 11) is -3.34. The van der Waals surface area contributed by atoms with E-state index >= 15 is 4.39 Å². The van der Waals surface area contributed by atoms with Crippen LogP contribution in [0.3, 0.4) is 0 Å². The molecule has 0 aliphatic carbocycles. The molecule has 0 radical (unpaired) electrons. The van der Waals surface area contributed by atoms with Crippen molar-refractivity contribution in [2.24, 2.45) is 4.99 Å². The van der Waals surface area contributed by atoms with Crippen LogP contribution in [0.25, 0.3) is 0 Å². The SMILES string of the molecule is Cc1cc(C#N)cnc1C(=O)Nc1ccc(F)c([C@@]2(C)N=C(NC(=O)O)C(C)(C)[SH]3(=O)NCC[C@@H]23)n1. The molecule has 0 saturated carbocycles. The largest absolute Gasteiger partial charge is 0.465 e. The number of nitrogens with one attached hydrogen (secondary N) is 3. The summed E-state index contributed by atoms with van der Waals surface area (Å²) < 4.78 is 31.3. The third-order valence-electron chi connectivity index (χ3n) is 6.82. The number of carboxylic acid groups (broad SMARTS) is 1. The normalized spacial score (nSPS) is 24.6. The van der Waals surface area contributed by atoms with Gasteiger partial charge in [-0.05, 0) is 68.0 Å². The zero-order chi connectivity index (χ0) is 26.5. The Kier molecular flexibility index (Phi) is 6.14. The maximum absolute atomic E-state index is 15.2. The van der Waals surface area contributed by atoms with Crippen molar-refractivity contribution < 1.29 is 23.3 Å². The lowest BCUT2D eigenvalue weighted by Gasteiger charge is -2.50. The summed E-state index contributed by atoms with van der Waals surface area (Å²) in [6.45, 7) is 6.87. The number of aryl methyl sites for hydroxylation is 1. The number of pyridine rings is 2. The number of halogens is 1. The quantitative estimate of drug-likeness (QED) is 0.389. The number of fused-ring (bicyclic) bond motifs is 1. The fourth-order valence-corrected chi connectivity index (χ4v) is 8.55. The number of nitrogens with zero attached hydrogens (tertiary/aromatic N) is 4. The Hall–Kier alpha value is -3.76. The minimum Gasteiger partial charge on any atom is -0.465 e. The summed E-state index contributed by atoms with van der Waals surface area (Å²) in [6.07, 6.45) is 0.299. The second-order valence-corrected chi connectivity index (χ2v) is 12.8. The van der Waals surface area contributed by atoms with Crippen LogP contribution in [-0.4, -0.2) is 53.7 Å². The highest BCUT2D eigenvalue weighted by molar-refractivity contribution is 8.04. The third-order valence-corrected chi connectivity index (χ3v) is 11.0. The number of carbonyl (C=O) groups is 2. The Labute approximate surface area is 207 Å². The molecular formula is C23H26FN7O4S. The number of hydrogen-bond acceptors (Lipinski definition) is 7. The molecule has 4 N–H and O–H groups in total. The molecule has 0 spiro atoms. The molecule has 2 aromatic heterocycles. The number of amidine groups is 1. The van der Waals surface area contributed by atoms with Crippen LogP contribution in [0.15, 0.2) is 29.4 Å². The molecule has 0 bridgehead atoms. The van der Waals surface area contributed by atoms with Gasteiger partial charge in [0.05, 0.1) is 15.6 Å². The summed E-state index contributed by atoms with van der Waals surface area (Å²) in [5, 5.41) is 22.5. The summed E-state index contributed by atoms with van der Waals surface area (Å²) in [5.74, 6) is -1.39. The molecule has 2 aliphatic rings. The Balaban J connectivity index is 1.78. The van der Waals surface area contributed by atoms with Crippen molar-refractivity contribution in [3.63, 3.8) is 0 Å². The van der Waals surface area contributed by atoms with Crippen LogP contribution in [0.2, 0.25) is 0 Å². The molecule has 13 heteroatoms. The molecule has 1 fully saturated rings. The molecule has 2 aliphatic heterocycles. The third kappa shape index (κ3) is 3.92. The first kappa shape index (κ1) is 25.3. The van der Waals surface area contributed by atoms with E-state index < -0.39 is 43.5 Å². The zero-order valence-corrected chi connectivity index (χ0v) is 21.0. The summed E-state index contributed by atoms with van der Waals surface area (Å²) >= 11 is 0. The van der Waals surface area contributed by atoms with E-state index in [1.165, 1.54) is 18.3 Å². The van der Waals surface area contributed by atoms with E-state index in [1.54, 1.807) is 27.7 Å². The fraction of sp³-hybridized carbons (Fsp3) is 0.391. The first-order valence-corrected chi connectivity index (χ1v) is 12.9. The molecule has 2 atom stereocenters. The lowest BCUT2D eigenvalue weighted by atomic mass is 9.89. The van der Waals surface area contributed by atoms with Crippen molar-refractivity contribution >= 4 is 33.8 Å². The molecular weight excluding hydrogens is 489 g/mol. The van der Waals surface area contributed by atoms with Crippen molar-refractivity contribution in [2.75, 3.05) is 11.9 Å². The van der Waals surface area contributed by atoms with Crippen LogP contribution in [0.4, 0.5) is 15.0 Å². The molecule has 36 heavy (non-hydrogen) atoms. The maximum atomic E-state index is 15.2. The van der Waals surface area contributed by atoms with Crippen molar-refractivity contribution in [1.29, 1.82) is 5.26 Å². The number of amides is 2. The van der Waals surface area contributed by atoms with Gasteiger partial charge in [0, 0.05) is 12.7 Å². The van der Waals surface area contributed by atoms with E-state index in [0.717, 1.165) is 6.07 Å². The van der Waals surface area contributed by atoms with Gasteiger partial charge in [-0.1, -0.05) is 0 Å². The van der Waals surface area contributed by atoms with Gasteiger partial charge in [0.1, 0.15) is 40.5 Å². The van der Waals surface area contributed by atoms with Crippen LogP contribution in [0, 0.1) is 24.1 Å². The molecule has 1 saturated heterocycles. The number of hydrogen-bond donors (Lipinski definition) is 5. The lowest BCUT2D eigenvalue weighted by Crippen LogP contribution is -2.66. The van der Waals surface area contributed by atoms with E-state index in [4.69, 9.17) is 5.26 Å². The Morgan fingerprint density at radius 3 is 2.67 bits per heavy atom. The van der Waals surface area contributed by atoms with Crippen molar-refractivity contribution in [3.05, 3.63) is 52.7 Å². The van der Waals surface area contributed by atoms with Crippen molar-refractivity contribution in [2.45, 2.75) is 49.7 Å². The van der Waals surface area contributed by atoms with E-state index in [0.29, 0.717) is 24.1 Å². The van der Waals surface area contributed by atoms with Gasteiger partial charge in [-0.2, -0.15) is 5.26 Å². The molecule has 11 nitrogen and oxygen atoms in total. The van der Waals surface area contributed by atoms with Gasteiger partial charge in [-0.15, -0.1) is 0 Å². The van der Waals surface area contributed by atoms with Gasteiger partial charge in [-0.3, -0.25) is 24.0 Å². The van der Waals surface area contributed by atoms with E-state index in [-0.39, 0.29) is 23.0 Å². The standard InChI is InChI=1S/C23H26FN7O4S/c1-12-9-13(10-25)11-26-17(12)19(32)29-16-6-5-14(24)18(28-16)23(4)15-7-8-27-36(15,35)22(2,3)20(31-23)30-21(33)34/h5-6,9,11,15,36H,7-8H2,1-4H3,(H,27,35)(H,30,31)(H,33,34)(H,28,29,32)/t15-,23-/m0/s1. The minimum absolute atomic E-state index is 0.0109. The van der Waals surface area contributed by atoms with Gasteiger partial charge in [0.2, 0.25) is 0 Å². The smallest absolute Gasteiger partial charge is 0.410 e. The Morgan fingerprint density at radius 1 is 1.31 bits per heavy atom. The topological polar surface area (TPSA) is 169 Å². The predicted octanol–water partition coefficient (Wildman–Crippen LogP) is 2.02. The number of thiol groups is 1. The molecule has 0 aromatic carbocycles. The van der Waals surface area contributed by atoms with Crippen LogP contribution in [-0.2, 0) is 15.7 Å². The van der Waals surface area contributed by atoms with Gasteiger partial charge in [0.15, 0.2) is 0 Å². The highest BCUT2D eigenvalue weighted by atomic mass is 32.3. The van der Waals surface area contributed by atoms with Gasteiger partial charge in [0.25, 0.3) is 5.91 Å². The number of aromatic nitrogens is 2. The molecule has 0 unspecified atom stereocenters. The number of nitriles is 1. The van der Waals surface area contributed by atoms with Crippen LogP contribution >= 0.6 is 0 Å². The number of aliphatic imine (C=N–C) groups is 1. The Bertz CT molecular complexity index is 1400. The highest BCUT2D eigenvalue weighted by Gasteiger charge is 2.59. The van der Waals surface area contributed by atoms with Gasteiger partial charge >= 0.3 is 6.09 Å². The van der Waals surface area contributed by atoms with Gasteiger partial charge < -0.3 is 10.4 Å². The number of anilines is 1. The van der Waals surface area contributed by atoms with Crippen molar-refractivity contribution in [3.8, 4) is 6.07 Å². The van der Waals surface area contributed by atoms with E-state index in [9.17, 15) is 18.9 Å². The van der Waals surface area contributed by atoms with E-state index in [1.807, 2.05) is 6.07 Å². The predicted molar refractivity (Wildman–Crippen MR) is 132 cm³/mol. The number of rotatable bonds is 3. The first-order chi connectivity index (χ1) is 16.8. The Morgan fingerprint density at radius 2 is 2.03 bits per heavy atom. The summed E-state index contributed by atoms with van der Waals surface area (Å²) in [4.78, 5) is 37.3. The van der Waals surface area contributed by atoms with E-state index in [2.05, 4.69) is 30.3 Å². The van der Waals surface area contributed by atoms with Crippen LogP contribution in [0.5, 0.6) is 0 Å². The fourth-order valence-electron chi connectivity index (χ4n) is 4.89. The summed E-state index contributed by atoms with van der Waals surface area (Å²) in [6, 6.07) is 5.87. The zero-order valence-electron chi connectivity index (χ0n) is 20.1. The maximum Gasteiger partial charge on any atom is 0.410 e. The molecule has 4 rings (SSSR count). The van der Waals surface area contributed by atoms with Crippen LogP contribution < -0.4 is 15.4 Å². The summed E-state index contributed by atoms with van der Waals surface area (Å²) in [5.41, 5.74) is -0.804. The molecule has 4 heterocycles. The second kappa shape index (κ2) is 8.72. The number of carbonyl (C=O) groups excluding carboxylic acids is 1. The lowest BCUT2D eigenvalue weighted by molar-refractivity contribution is 0.102. The van der Waals surface area contributed by atoms with Crippen molar-refractivity contribution in [1.82, 2.24) is 20.0 Å². The second-order valence-electron chi connectivity index (χ2n) is 9.45. The van der Waals surface area contributed by atoms with Crippen LogP contribution in [0.1, 0.15) is 54.5 Å². The first-order valence-electron chi connectivity index (χ1n) is 11.1. The molecule has 2 amide bonds.